The predicted octanol–water partition coefficient (Wildman–Crippen LogP) is 2.57. The lowest BCUT2D eigenvalue weighted by Gasteiger charge is -2.03. The highest BCUT2D eigenvalue weighted by molar-refractivity contribution is 6.15. The molecule has 1 heterocycles. The maximum absolute atomic E-state index is 11.5. The number of hydrogen-bond acceptors (Lipinski definition) is 5. The number of hydrogen-bond donors (Lipinski definition) is 0. The molecule has 98 valence electrons. The third kappa shape index (κ3) is 1.74. The number of nitro groups is 1. The largest absolute Gasteiger partial charge is 0.386 e. The zero-order valence-corrected chi connectivity index (χ0v) is 10.0. The molecule has 6 nitrogen and oxygen atoms in total. The van der Waals surface area contributed by atoms with Gasteiger partial charge < -0.3 is 4.74 Å². The van der Waals surface area contributed by atoms with Gasteiger partial charge in [-0.15, -0.1) is 0 Å². The summed E-state index contributed by atoms with van der Waals surface area (Å²) >= 11 is 0. The number of esters is 2. The standard InChI is InChI=1S/C14H7NO5/c16-13-10-6-5-8(7-11(10)14(17)20-13)9-3-1-2-4-12(9)15(18)19/h1-7H. The third-order valence-electron chi connectivity index (χ3n) is 3.06. The quantitative estimate of drug-likeness (QED) is 0.362. The minimum absolute atomic E-state index is 0.0647. The topological polar surface area (TPSA) is 86.5 Å². The van der Waals surface area contributed by atoms with Crippen molar-refractivity contribution in [2.45, 2.75) is 0 Å². The Hall–Kier alpha value is -3.02. The van der Waals surface area contributed by atoms with E-state index in [2.05, 4.69) is 4.74 Å². The minimum atomic E-state index is -0.731. The lowest BCUT2D eigenvalue weighted by atomic mass is 9.99. The summed E-state index contributed by atoms with van der Waals surface area (Å²) in [5.41, 5.74) is 1.11. The normalized spacial score (nSPS) is 13.0. The van der Waals surface area contributed by atoms with Crippen molar-refractivity contribution in [2.24, 2.45) is 0 Å². The monoisotopic (exact) mass is 269 g/mol. The second-order valence-corrected chi connectivity index (χ2v) is 4.21. The van der Waals surface area contributed by atoms with Crippen LogP contribution in [0, 0.1) is 10.1 Å². The van der Waals surface area contributed by atoms with Gasteiger partial charge in [0.05, 0.1) is 21.6 Å². The van der Waals surface area contributed by atoms with Gasteiger partial charge in [0.25, 0.3) is 5.69 Å². The molecule has 0 saturated carbocycles. The van der Waals surface area contributed by atoms with Gasteiger partial charge in [-0.1, -0.05) is 18.2 Å². The summed E-state index contributed by atoms with van der Waals surface area (Å²) in [7, 11) is 0. The molecule has 0 unspecified atom stereocenters. The Balaban J connectivity index is 2.18. The smallest absolute Gasteiger partial charge is 0.346 e. The van der Waals surface area contributed by atoms with E-state index in [1.54, 1.807) is 24.3 Å². The van der Waals surface area contributed by atoms with Crippen LogP contribution in [-0.4, -0.2) is 16.9 Å². The predicted molar refractivity (Wildman–Crippen MR) is 68.3 cm³/mol. The third-order valence-corrected chi connectivity index (χ3v) is 3.06. The van der Waals surface area contributed by atoms with E-state index in [9.17, 15) is 19.7 Å². The van der Waals surface area contributed by atoms with Gasteiger partial charge in [-0.05, 0) is 23.8 Å². The number of fused-ring (bicyclic) bond motifs is 1. The highest BCUT2D eigenvalue weighted by Gasteiger charge is 2.30. The average molecular weight is 269 g/mol. The molecule has 0 aliphatic carbocycles. The van der Waals surface area contributed by atoms with Crippen LogP contribution in [0.5, 0.6) is 0 Å². The molecular weight excluding hydrogens is 262 g/mol. The van der Waals surface area contributed by atoms with Crippen LogP contribution >= 0.6 is 0 Å². The Morgan fingerprint density at radius 1 is 0.900 bits per heavy atom. The van der Waals surface area contributed by atoms with Crippen molar-refractivity contribution in [2.75, 3.05) is 0 Å². The Morgan fingerprint density at radius 2 is 1.60 bits per heavy atom. The molecule has 0 radical (unpaired) electrons. The van der Waals surface area contributed by atoms with E-state index in [4.69, 9.17) is 0 Å². The molecule has 0 aromatic heterocycles. The first-order valence-corrected chi connectivity index (χ1v) is 5.72. The summed E-state index contributed by atoms with van der Waals surface area (Å²) in [4.78, 5) is 33.4. The molecular formula is C14H7NO5. The first-order valence-electron chi connectivity index (χ1n) is 5.72. The second-order valence-electron chi connectivity index (χ2n) is 4.21. The summed E-state index contributed by atoms with van der Waals surface area (Å²) in [6.07, 6.45) is 0. The van der Waals surface area contributed by atoms with E-state index in [1.165, 1.54) is 18.2 Å². The van der Waals surface area contributed by atoms with Crippen LogP contribution in [0.2, 0.25) is 0 Å². The van der Waals surface area contributed by atoms with Crippen molar-refractivity contribution in [1.29, 1.82) is 0 Å². The molecule has 1 aliphatic heterocycles. The molecule has 1 aliphatic rings. The van der Waals surface area contributed by atoms with Gasteiger partial charge in [0, 0.05) is 6.07 Å². The number of cyclic esters (lactones) is 2. The maximum Gasteiger partial charge on any atom is 0.346 e. The van der Waals surface area contributed by atoms with Crippen molar-refractivity contribution in [3.8, 4) is 11.1 Å². The lowest BCUT2D eigenvalue weighted by molar-refractivity contribution is -0.384. The van der Waals surface area contributed by atoms with Gasteiger partial charge in [0.2, 0.25) is 0 Å². The second kappa shape index (κ2) is 4.27. The van der Waals surface area contributed by atoms with Crippen molar-refractivity contribution in [3.05, 3.63) is 63.7 Å². The van der Waals surface area contributed by atoms with Crippen LogP contribution in [0.4, 0.5) is 5.69 Å². The first kappa shape index (κ1) is 12.0. The van der Waals surface area contributed by atoms with Crippen LogP contribution in [0.15, 0.2) is 42.5 Å². The van der Waals surface area contributed by atoms with Crippen LogP contribution < -0.4 is 0 Å². The summed E-state index contributed by atoms with van der Waals surface area (Å²) in [6.45, 7) is 0. The number of carbonyl (C=O) groups excluding carboxylic acids is 2. The number of nitrogens with zero attached hydrogens (tertiary/aromatic N) is 1. The Bertz CT molecular complexity index is 766. The molecule has 0 N–H and O–H groups in total. The van der Waals surface area contributed by atoms with Crippen LogP contribution in [0.3, 0.4) is 0 Å². The summed E-state index contributed by atoms with van der Waals surface area (Å²) in [5, 5.41) is 11.0. The minimum Gasteiger partial charge on any atom is -0.386 e. The van der Waals surface area contributed by atoms with Gasteiger partial charge in [-0.25, -0.2) is 9.59 Å². The lowest BCUT2D eigenvalue weighted by Crippen LogP contribution is -1.97. The van der Waals surface area contributed by atoms with Crippen LogP contribution in [0.1, 0.15) is 20.7 Å². The number of rotatable bonds is 2. The number of ether oxygens (including phenoxy) is 1. The SMILES string of the molecule is O=C1OC(=O)c2cc(-c3ccccc3[N+](=O)[O-])ccc21. The van der Waals surface area contributed by atoms with Crippen molar-refractivity contribution < 1.29 is 19.2 Å². The molecule has 0 fully saturated rings. The van der Waals surface area contributed by atoms with Crippen molar-refractivity contribution >= 4 is 17.6 Å². The highest BCUT2D eigenvalue weighted by atomic mass is 16.6. The molecule has 0 bridgehead atoms. The number of benzene rings is 2. The molecule has 0 spiro atoms. The van der Waals surface area contributed by atoms with E-state index in [1.807, 2.05) is 0 Å². The molecule has 0 saturated heterocycles. The molecule has 2 aromatic rings. The van der Waals surface area contributed by atoms with Gasteiger partial charge in [0.1, 0.15) is 0 Å². The van der Waals surface area contributed by atoms with Crippen LogP contribution in [-0.2, 0) is 4.74 Å². The fraction of sp³-hybridized carbons (Fsp3) is 0. The molecule has 2 aromatic carbocycles. The number of carbonyl (C=O) groups is 2. The van der Waals surface area contributed by atoms with E-state index in [-0.39, 0.29) is 16.8 Å². The maximum atomic E-state index is 11.5. The van der Waals surface area contributed by atoms with Crippen molar-refractivity contribution in [1.82, 2.24) is 0 Å². The Morgan fingerprint density at radius 3 is 2.35 bits per heavy atom. The number of nitro benzene ring substituents is 1. The van der Waals surface area contributed by atoms with Crippen molar-refractivity contribution in [3.63, 3.8) is 0 Å². The van der Waals surface area contributed by atoms with Gasteiger partial charge in [0.15, 0.2) is 0 Å². The number of para-hydroxylation sites is 1. The van der Waals surface area contributed by atoms with E-state index in [0.717, 1.165) is 0 Å². The summed E-state index contributed by atoms with van der Waals surface area (Å²) in [6, 6.07) is 10.6. The fourth-order valence-electron chi connectivity index (χ4n) is 2.13. The van der Waals surface area contributed by atoms with Crippen LogP contribution in [0.25, 0.3) is 11.1 Å². The highest BCUT2D eigenvalue weighted by Crippen LogP contribution is 2.32. The zero-order valence-electron chi connectivity index (χ0n) is 10.0. The van der Waals surface area contributed by atoms with E-state index < -0.39 is 16.9 Å². The van der Waals surface area contributed by atoms with Gasteiger partial charge in [-0.3, -0.25) is 10.1 Å². The van der Waals surface area contributed by atoms with Gasteiger partial charge >= 0.3 is 11.9 Å². The first-order chi connectivity index (χ1) is 9.58. The van der Waals surface area contributed by atoms with E-state index >= 15 is 0 Å². The zero-order chi connectivity index (χ0) is 14.3. The Labute approximate surface area is 112 Å². The molecule has 0 atom stereocenters. The molecule has 0 amide bonds. The molecule has 3 rings (SSSR count). The summed E-state index contributed by atoms with van der Waals surface area (Å²) < 4.78 is 4.49. The van der Waals surface area contributed by atoms with Gasteiger partial charge in [-0.2, -0.15) is 0 Å². The summed E-state index contributed by atoms with van der Waals surface area (Å²) in [5.74, 6) is -1.43. The molecule has 20 heavy (non-hydrogen) atoms. The van der Waals surface area contributed by atoms with E-state index in [0.29, 0.717) is 11.1 Å². The molecule has 6 heteroatoms. The average Bonchev–Trinajstić information content (AvgIpc) is 2.73. The Kier molecular flexibility index (Phi) is 2.57. The fourth-order valence-corrected chi connectivity index (χ4v) is 2.13.